The van der Waals surface area contributed by atoms with Crippen LogP contribution in [0, 0.1) is 28.1 Å². The predicted molar refractivity (Wildman–Crippen MR) is 152 cm³/mol. The van der Waals surface area contributed by atoms with Crippen LogP contribution in [0.1, 0.15) is 101 Å². The molecule has 2 bridgehead atoms. The van der Waals surface area contributed by atoms with Gasteiger partial charge in [0.25, 0.3) is 8.32 Å². The molecule has 7 atom stereocenters. The molecule has 1 N–H and O–H groups in total. The van der Waals surface area contributed by atoms with E-state index < -0.39 is 14.4 Å². The van der Waals surface area contributed by atoms with Gasteiger partial charge in [-0.05, 0) is 59.7 Å². The molecular formula is C31H56O4Si. The molecule has 5 unspecified atom stereocenters. The average Bonchev–Trinajstić information content (AvgIpc) is 3.18. The molecule has 36 heavy (non-hydrogen) atoms. The Bertz CT molecular complexity index is 813. The lowest BCUT2D eigenvalue weighted by Crippen LogP contribution is -2.59. The normalized spacial score (nSPS) is 39.4. The summed E-state index contributed by atoms with van der Waals surface area (Å²) in [5, 5.41) is 12.1. The average molecular weight is 521 g/mol. The number of allylic oxidation sites excluding steroid dienone is 1. The maximum absolute atomic E-state index is 12.1. The summed E-state index contributed by atoms with van der Waals surface area (Å²) in [7, 11) is -0.442. The molecule has 2 fully saturated rings. The summed E-state index contributed by atoms with van der Waals surface area (Å²) in [6, 6.07) is 0. The molecule has 3 rings (SSSR count). The lowest BCUT2D eigenvalue weighted by Gasteiger charge is -2.60. The van der Waals surface area contributed by atoms with Gasteiger partial charge in [-0.15, -0.1) is 6.58 Å². The molecule has 0 heterocycles. The Morgan fingerprint density at radius 3 is 2.14 bits per heavy atom. The van der Waals surface area contributed by atoms with Gasteiger partial charge in [0.1, 0.15) is 6.79 Å². The molecule has 2 saturated carbocycles. The van der Waals surface area contributed by atoms with Crippen LogP contribution in [0.25, 0.3) is 0 Å². The number of hydrogen-bond acceptors (Lipinski definition) is 4. The summed E-state index contributed by atoms with van der Waals surface area (Å²) < 4.78 is 19.4. The highest BCUT2D eigenvalue weighted by molar-refractivity contribution is 6.77. The van der Waals surface area contributed by atoms with Gasteiger partial charge in [0.2, 0.25) is 0 Å². The molecule has 5 heteroatoms. The zero-order valence-corrected chi connectivity index (χ0v) is 26.2. The molecule has 3 aliphatic carbocycles. The molecule has 0 aromatic heterocycles. The van der Waals surface area contributed by atoms with Crippen molar-refractivity contribution in [3.8, 4) is 0 Å². The van der Waals surface area contributed by atoms with E-state index in [1.807, 2.05) is 6.08 Å². The van der Waals surface area contributed by atoms with Crippen LogP contribution in [-0.2, 0) is 13.9 Å². The first-order chi connectivity index (χ1) is 16.7. The summed E-state index contributed by atoms with van der Waals surface area (Å²) in [6.45, 7) is 28.0. The third-order valence-corrected chi connectivity index (χ3v) is 17.3. The monoisotopic (exact) mass is 520 g/mol. The van der Waals surface area contributed by atoms with E-state index in [0.29, 0.717) is 29.0 Å². The molecule has 0 radical (unpaired) electrons. The lowest BCUT2D eigenvalue weighted by molar-refractivity contribution is -0.173. The molecular weight excluding hydrogens is 464 g/mol. The first-order valence-electron chi connectivity index (χ1n) is 14.5. The molecule has 0 aliphatic heterocycles. The number of hydrogen-bond donors (Lipinski definition) is 1. The fourth-order valence-electron chi connectivity index (χ4n) is 9.10. The minimum Gasteiger partial charge on any atom is -0.546 e. The summed E-state index contributed by atoms with van der Waals surface area (Å²) in [4.78, 5) is 0. The van der Waals surface area contributed by atoms with Crippen molar-refractivity contribution in [2.75, 3.05) is 13.9 Å². The second-order valence-corrected chi connectivity index (χ2v) is 19.2. The van der Waals surface area contributed by atoms with Crippen LogP contribution in [-0.4, -0.2) is 39.5 Å². The standard InChI is InChI=1S/C31H56O4Si/c1-13-29(10)18-26(32)30(11)23(8)14-16-31(24(9)28(29)34-19-33-12)17-15-25(27(30)31)35-36(20(2)3,21(4)5)22(6)7/h13,20-24,26,28,32H,1,14-19H2,2-12H3/t23?,24?,26-,28?,29-,30?,31?/m1/s1. The van der Waals surface area contributed by atoms with Crippen molar-refractivity contribution in [1.82, 2.24) is 0 Å². The van der Waals surface area contributed by atoms with E-state index >= 15 is 0 Å². The van der Waals surface area contributed by atoms with Crippen LogP contribution < -0.4 is 0 Å². The fraction of sp³-hybridized carbons (Fsp3) is 0.871. The first-order valence-corrected chi connectivity index (χ1v) is 16.7. The van der Waals surface area contributed by atoms with Gasteiger partial charge in [-0.1, -0.05) is 75.3 Å². The minimum atomic E-state index is -2.13. The maximum atomic E-state index is 12.1. The summed E-state index contributed by atoms with van der Waals surface area (Å²) in [6.07, 6.45) is 6.38. The Hall–Kier alpha value is -0.623. The molecule has 4 nitrogen and oxygen atoms in total. The largest absolute Gasteiger partial charge is 0.546 e. The molecule has 0 aromatic rings. The van der Waals surface area contributed by atoms with Crippen LogP contribution in [0.4, 0.5) is 0 Å². The highest BCUT2D eigenvalue weighted by Crippen LogP contribution is 2.69. The van der Waals surface area contributed by atoms with E-state index in [0.717, 1.165) is 25.7 Å². The minimum absolute atomic E-state index is 0.0360. The van der Waals surface area contributed by atoms with Crippen LogP contribution in [0.5, 0.6) is 0 Å². The van der Waals surface area contributed by atoms with Crippen LogP contribution in [0.15, 0.2) is 24.0 Å². The first kappa shape index (κ1) is 29.9. The molecule has 0 amide bonds. The third kappa shape index (κ3) is 4.28. The van der Waals surface area contributed by atoms with Gasteiger partial charge in [0, 0.05) is 29.8 Å². The number of aliphatic hydroxyl groups is 1. The topological polar surface area (TPSA) is 47.9 Å². The van der Waals surface area contributed by atoms with Crippen molar-refractivity contribution < 1.29 is 19.0 Å². The number of aliphatic hydroxyl groups excluding tert-OH is 1. The fourth-order valence-corrected chi connectivity index (χ4v) is 14.4. The van der Waals surface area contributed by atoms with Crippen LogP contribution >= 0.6 is 0 Å². The maximum Gasteiger partial charge on any atom is 0.258 e. The van der Waals surface area contributed by atoms with Gasteiger partial charge >= 0.3 is 0 Å². The second-order valence-electron chi connectivity index (χ2n) is 13.8. The number of methoxy groups -OCH3 is 1. The SMILES string of the molecule is C=C[C@]1(C)C[C@@H](O)C2(C)C3=C(O[Si](C(C)C)(C(C)C)C(C)C)CCC3(CCC2C)C(C)C1OCOC. The van der Waals surface area contributed by atoms with Crippen LogP contribution in [0.2, 0.25) is 16.6 Å². The lowest BCUT2D eigenvalue weighted by atomic mass is 9.46. The van der Waals surface area contributed by atoms with E-state index in [1.165, 1.54) is 11.3 Å². The molecule has 0 spiro atoms. The molecule has 3 aliphatic rings. The molecule has 0 aromatic carbocycles. The van der Waals surface area contributed by atoms with Crippen molar-refractivity contribution in [3.63, 3.8) is 0 Å². The zero-order valence-electron chi connectivity index (χ0n) is 25.2. The van der Waals surface area contributed by atoms with Crippen LogP contribution in [0.3, 0.4) is 0 Å². The zero-order chi connectivity index (χ0) is 27.3. The molecule has 0 saturated heterocycles. The number of ether oxygens (including phenoxy) is 2. The Kier molecular flexibility index (Phi) is 8.73. The van der Waals surface area contributed by atoms with Crippen molar-refractivity contribution >= 4 is 8.32 Å². The summed E-state index contributed by atoms with van der Waals surface area (Å²) >= 11 is 0. The second kappa shape index (κ2) is 10.5. The molecule has 208 valence electrons. The predicted octanol–water partition coefficient (Wildman–Crippen LogP) is 8.23. The Labute approximate surface area is 223 Å². The van der Waals surface area contributed by atoms with E-state index in [2.05, 4.69) is 75.8 Å². The quantitative estimate of drug-likeness (QED) is 0.189. The Morgan fingerprint density at radius 1 is 1.06 bits per heavy atom. The van der Waals surface area contributed by atoms with Gasteiger partial charge in [-0.3, -0.25) is 0 Å². The van der Waals surface area contributed by atoms with Gasteiger partial charge in [0.05, 0.1) is 18.0 Å². The van der Waals surface area contributed by atoms with E-state index in [-0.39, 0.29) is 35.1 Å². The van der Waals surface area contributed by atoms with Crippen molar-refractivity contribution in [2.45, 2.75) is 130 Å². The van der Waals surface area contributed by atoms with Crippen molar-refractivity contribution in [1.29, 1.82) is 0 Å². The van der Waals surface area contributed by atoms with Gasteiger partial charge in [0.15, 0.2) is 0 Å². The van der Waals surface area contributed by atoms with E-state index in [1.54, 1.807) is 7.11 Å². The highest BCUT2D eigenvalue weighted by atomic mass is 28.4. The number of rotatable bonds is 9. The Morgan fingerprint density at radius 2 is 1.64 bits per heavy atom. The van der Waals surface area contributed by atoms with Gasteiger partial charge in [-0.2, -0.15) is 0 Å². The Balaban J connectivity index is 2.29. The van der Waals surface area contributed by atoms with Crippen molar-refractivity contribution in [2.24, 2.45) is 28.1 Å². The summed E-state index contributed by atoms with van der Waals surface area (Å²) in [5.74, 6) is 1.88. The van der Waals surface area contributed by atoms with Gasteiger partial charge < -0.3 is 19.0 Å². The van der Waals surface area contributed by atoms with E-state index in [4.69, 9.17) is 13.9 Å². The highest BCUT2D eigenvalue weighted by Gasteiger charge is 2.64. The summed E-state index contributed by atoms with van der Waals surface area (Å²) in [5.41, 5.74) is 2.29. The third-order valence-electron chi connectivity index (χ3n) is 11.3. The van der Waals surface area contributed by atoms with E-state index in [9.17, 15) is 5.11 Å². The van der Waals surface area contributed by atoms with Gasteiger partial charge in [-0.25, -0.2) is 0 Å². The smallest absolute Gasteiger partial charge is 0.258 e. The van der Waals surface area contributed by atoms with Crippen molar-refractivity contribution in [3.05, 3.63) is 24.0 Å².